The van der Waals surface area contributed by atoms with Gasteiger partial charge in [0.2, 0.25) is 0 Å². The molecule has 0 aliphatic carbocycles. The van der Waals surface area contributed by atoms with Gasteiger partial charge in [-0.2, -0.15) is 4.80 Å². The molecule has 3 rings (SSSR count). The van der Waals surface area contributed by atoms with Gasteiger partial charge in [0.25, 0.3) is 5.56 Å². The molecule has 7 nitrogen and oxygen atoms in total. The number of aryl methyl sites for hydroxylation is 1. The first kappa shape index (κ1) is 12.2. The number of rotatable bonds is 2. The average Bonchev–Trinajstić information content (AvgIpc) is 2.79. The molecule has 2 heterocycles. The monoisotopic (exact) mass is 368 g/mol. The Kier molecular flexibility index (Phi) is 3.01. The Balaban J connectivity index is 2.09. The van der Waals surface area contributed by atoms with Crippen molar-refractivity contribution in [2.45, 2.75) is 6.54 Å². The molecule has 0 aliphatic rings. The fourth-order valence-corrected chi connectivity index (χ4v) is 2.27. The summed E-state index contributed by atoms with van der Waals surface area (Å²) in [6.45, 7) is 0.265. The third-order valence-electron chi connectivity index (χ3n) is 2.65. The lowest BCUT2D eigenvalue weighted by Gasteiger charge is -2.04. The molecule has 0 N–H and O–H groups in total. The molecule has 19 heavy (non-hydrogen) atoms. The van der Waals surface area contributed by atoms with Crippen LogP contribution in [-0.4, -0.2) is 29.8 Å². The molecule has 8 heteroatoms. The van der Waals surface area contributed by atoms with Gasteiger partial charge in [-0.3, -0.25) is 9.36 Å². The highest BCUT2D eigenvalue weighted by molar-refractivity contribution is 14.1. The number of hydrogen-bond donors (Lipinski definition) is 0. The van der Waals surface area contributed by atoms with Crippen molar-refractivity contribution in [3.8, 4) is 0 Å². The van der Waals surface area contributed by atoms with Gasteiger partial charge < -0.3 is 0 Å². The van der Waals surface area contributed by atoms with Crippen LogP contribution in [0.3, 0.4) is 0 Å². The average molecular weight is 368 g/mol. The largest absolute Gasteiger partial charge is 0.291 e. The fourth-order valence-electron chi connectivity index (χ4n) is 1.78. The lowest BCUT2D eigenvalue weighted by atomic mass is 10.2. The molecule has 2 aromatic heterocycles. The highest BCUT2D eigenvalue weighted by Gasteiger charge is 2.07. The Hall–Kier alpha value is -1.84. The quantitative estimate of drug-likeness (QED) is 0.619. The highest BCUT2D eigenvalue weighted by Crippen LogP contribution is 2.11. The van der Waals surface area contributed by atoms with Gasteiger partial charge in [-0.15, -0.1) is 10.2 Å². The van der Waals surface area contributed by atoms with Gasteiger partial charge in [-0.25, -0.2) is 4.98 Å². The van der Waals surface area contributed by atoms with Crippen LogP contribution < -0.4 is 5.56 Å². The summed E-state index contributed by atoms with van der Waals surface area (Å²) in [6.07, 6.45) is 1.51. The van der Waals surface area contributed by atoms with Gasteiger partial charge in [0, 0.05) is 3.57 Å². The number of halogens is 1. The maximum absolute atomic E-state index is 12.3. The molecule has 3 aromatic rings. The van der Waals surface area contributed by atoms with Crippen LogP contribution in [-0.2, 0) is 13.6 Å². The summed E-state index contributed by atoms with van der Waals surface area (Å²) in [6, 6.07) is 5.58. The number of hydrogen-bond acceptors (Lipinski definition) is 5. The van der Waals surface area contributed by atoms with Crippen LogP contribution >= 0.6 is 22.6 Å². The SMILES string of the molecule is Cn1nnc(Cn2cnc3ccc(I)cc3c2=O)n1. The third-order valence-corrected chi connectivity index (χ3v) is 3.32. The summed E-state index contributed by atoms with van der Waals surface area (Å²) in [5.74, 6) is 0.483. The summed E-state index contributed by atoms with van der Waals surface area (Å²) in [7, 11) is 1.68. The van der Waals surface area contributed by atoms with Gasteiger partial charge in [0.15, 0.2) is 5.82 Å². The second-order valence-electron chi connectivity index (χ2n) is 4.03. The Labute approximate surface area is 121 Å². The second-order valence-corrected chi connectivity index (χ2v) is 5.28. The van der Waals surface area contributed by atoms with Crippen LogP contribution in [0, 0.1) is 3.57 Å². The molecular weight excluding hydrogens is 359 g/mol. The number of tetrazole rings is 1. The summed E-state index contributed by atoms with van der Waals surface area (Å²) >= 11 is 2.17. The predicted molar refractivity (Wildman–Crippen MR) is 76.6 cm³/mol. The molecule has 0 aliphatic heterocycles. The molecular formula is C11H9IN6O. The van der Waals surface area contributed by atoms with Gasteiger partial charge in [0.05, 0.1) is 30.8 Å². The number of benzene rings is 1. The second kappa shape index (κ2) is 4.68. The molecule has 0 saturated heterocycles. The molecule has 0 spiro atoms. The molecule has 0 saturated carbocycles. The Morgan fingerprint density at radius 2 is 2.21 bits per heavy atom. The lowest BCUT2D eigenvalue weighted by Crippen LogP contribution is -2.21. The Bertz CT molecular complexity index is 808. The van der Waals surface area contributed by atoms with Crippen LogP contribution in [0.4, 0.5) is 0 Å². The van der Waals surface area contributed by atoms with Crippen molar-refractivity contribution in [3.63, 3.8) is 0 Å². The maximum Gasteiger partial charge on any atom is 0.261 e. The van der Waals surface area contributed by atoms with E-state index in [4.69, 9.17) is 0 Å². The van der Waals surface area contributed by atoms with E-state index in [1.54, 1.807) is 7.05 Å². The van der Waals surface area contributed by atoms with Gasteiger partial charge in [0.1, 0.15) is 0 Å². The summed E-state index contributed by atoms with van der Waals surface area (Å²) in [5, 5.41) is 12.2. The van der Waals surface area contributed by atoms with Crippen LogP contribution in [0.15, 0.2) is 29.3 Å². The van der Waals surface area contributed by atoms with E-state index in [9.17, 15) is 4.79 Å². The van der Waals surface area contributed by atoms with Crippen molar-refractivity contribution in [3.05, 3.63) is 44.3 Å². The van der Waals surface area contributed by atoms with E-state index in [2.05, 4.69) is 43.0 Å². The van der Waals surface area contributed by atoms with E-state index < -0.39 is 0 Å². The van der Waals surface area contributed by atoms with Crippen molar-refractivity contribution in [2.24, 2.45) is 7.05 Å². The Morgan fingerprint density at radius 3 is 2.95 bits per heavy atom. The van der Waals surface area contributed by atoms with Crippen molar-refractivity contribution < 1.29 is 0 Å². The van der Waals surface area contributed by atoms with Crippen LogP contribution in [0.25, 0.3) is 10.9 Å². The van der Waals surface area contributed by atoms with E-state index in [1.807, 2.05) is 18.2 Å². The molecule has 0 fully saturated rings. The standard InChI is InChI=1S/C11H9IN6O/c1-17-15-10(14-16-17)5-18-6-13-9-3-2-7(12)4-8(9)11(18)19/h2-4,6H,5H2,1H3. The first-order valence-electron chi connectivity index (χ1n) is 5.51. The van der Waals surface area contributed by atoms with E-state index in [1.165, 1.54) is 15.7 Å². The van der Waals surface area contributed by atoms with E-state index >= 15 is 0 Å². The van der Waals surface area contributed by atoms with Crippen LogP contribution in [0.1, 0.15) is 5.82 Å². The molecule has 0 unspecified atom stereocenters. The summed E-state index contributed by atoms with van der Waals surface area (Å²) in [5.41, 5.74) is 0.588. The van der Waals surface area contributed by atoms with E-state index in [0.717, 1.165) is 3.57 Å². The zero-order chi connectivity index (χ0) is 13.4. The minimum Gasteiger partial charge on any atom is -0.291 e. The predicted octanol–water partition coefficient (Wildman–Crippen LogP) is 0.573. The van der Waals surface area contributed by atoms with Crippen LogP contribution in [0.5, 0.6) is 0 Å². The zero-order valence-corrected chi connectivity index (χ0v) is 12.1. The molecule has 0 atom stereocenters. The van der Waals surface area contributed by atoms with Gasteiger partial charge in [-0.1, -0.05) is 0 Å². The summed E-state index contributed by atoms with van der Waals surface area (Å²) in [4.78, 5) is 18.0. The Morgan fingerprint density at radius 1 is 1.37 bits per heavy atom. The number of nitrogens with zero attached hydrogens (tertiary/aromatic N) is 6. The fraction of sp³-hybridized carbons (Fsp3) is 0.182. The van der Waals surface area contributed by atoms with Crippen molar-refractivity contribution in [2.75, 3.05) is 0 Å². The van der Waals surface area contributed by atoms with Crippen molar-refractivity contribution in [1.29, 1.82) is 0 Å². The summed E-state index contributed by atoms with van der Waals surface area (Å²) < 4.78 is 2.48. The molecule has 0 radical (unpaired) electrons. The van der Waals surface area contributed by atoms with E-state index in [-0.39, 0.29) is 12.1 Å². The number of fused-ring (bicyclic) bond motifs is 1. The van der Waals surface area contributed by atoms with Gasteiger partial charge in [-0.05, 0) is 46.0 Å². The maximum atomic E-state index is 12.3. The molecule has 96 valence electrons. The van der Waals surface area contributed by atoms with Crippen molar-refractivity contribution in [1.82, 2.24) is 29.8 Å². The first-order chi connectivity index (χ1) is 9.13. The topological polar surface area (TPSA) is 78.5 Å². The highest BCUT2D eigenvalue weighted by atomic mass is 127. The van der Waals surface area contributed by atoms with Crippen molar-refractivity contribution >= 4 is 33.5 Å². The van der Waals surface area contributed by atoms with Crippen LogP contribution in [0.2, 0.25) is 0 Å². The normalized spacial score (nSPS) is 11.1. The molecule has 0 bridgehead atoms. The molecule has 1 aromatic carbocycles. The molecule has 0 amide bonds. The third kappa shape index (κ3) is 2.35. The minimum atomic E-state index is -0.101. The first-order valence-corrected chi connectivity index (χ1v) is 6.59. The van der Waals surface area contributed by atoms with Gasteiger partial charge >= 0.3 is 0 Å². The minimum absolute atomic E-state index is 0.101. The smallest absolute Gasteiger partial charge is 0.261 e. The lowest BCUT2D eigenvalue weighted by molar-refractivity contribution is 0.623. The van der Waals surface area contributed by atoms with E-state index in [0.29, 0.717) is 16.7 Å². The number of aromatic nitrogens is 6. The zero-order valence-electron chi connectivity index (χ0n) is 9.99.